The van der Waals surface area contributed by atoms with E-state index in [1.54, 1.807) is 24.3 Å². The van der Waals surface area contributed by atoms with Gasteiger partial charge in [-0.15, -0.1) is 0 Å². The minimum absolute atomic E-state index is 0.0606. The number of aromatic carboxylic acids is 1. The number of nitrogens with zero attached hydrogens (tertiary/aromatic N) is 2. The minimum Gasteiger partial charge on any atom is -0.478 e. The Labute approximate surface area is 164 Å². The molecule has 0 bridgehead atoms. The van der Waals surface area contributed by atoms with Gasteiger partial charge in [0.05, 0.1) is 22.4 Å². The average molecular weight is 387 g/mol. The molecule has 0 saturated heterocycles. The second-order valence-corrected chi connectivity index (χ2v) is 6.20. The van der Waals surface area contributed by atoms with E-state index in [0.29, 0.717) is 0 Å². The van der Waals surface area contributed by atoms with Gasteiger partial charge in [0.1, 0.15) is 5.82 Å². The van der Waals surface area contributed by atoms with E-state index >= 15 is 0 Å². The molecule has 1 aliphatic heterocycles. The van der Waals surface area contributed by atoms with Crippen molar-refractivity contribution in [3.05, 3.63) is 89.1 Å². The van der Waals surface area contributed by atoms with Gasteiger partial charge in [0.25, 0.3) is 17.7 Å². The maximum atomic E-state index is 12.7. The van der Waals surface area contributed by atoms with Gasteiger partial charge in [-0.1, -0.05) is 18.2 Å². The van der Waals surface area contributed by atoms with Crippen molar-refractivity contribution in [2.24, 2.45) is 0 Å². The van der Waals surface area contributed by atoms with E-state index in [0.717, 1.165) is 4.90 Å². The molecule has 1 aromatic heterocycles. The minimum atomic E-state index is -1.18. The molecule has 0 saturated carbocycles. The van der Waals surface area contributed by atoms with Crippen molar-refractivity contribution in [1.29, 1.82) is 0 Å². The van der Waals surface area contributed by atoms with Crippen LogP contribution >= 0.6 is 0 Å². The number of anilines is 2. The summed E-state index contributed by atoms with van der Waals surface area (Å²) in [5, 5.41) is 11.8. The van der Waals surface area contributed by atoms with E-state index in [2.05, 4.69) is 10.3 Å². The molecule has 3 aromatic rings. The Morgan fingerprint density at radius 1 is 0.897 bits per heavy atom. The van der Waals surface area contributed by atoms with Crippen LogP contribution in [-0.4, -0.2) is 33.8 Å². The Bertz CT molecular complexity index is 1170. The van der Waals surface area contributed by atoms with Crippen molar-refractivity contribution in [2.45, 2.75) is 0 Å². The molecule has 1 aliphatic rings. The van der Waals surface area contributed by atoms with Crippen molar-refractivity contribution in [3.8, 4) is 0 Å². The normalized spacial score (nSPS) is 12.6. The van der Waals surface area contributed by atoms with E-state index in [1.807, 2.05) is 0 Å². The number of hydrogen-bond acceptors (Lipinski definition) is 5. The predicted molar refractivity (Wildman–Crippen MR) is 103 cm³/mol. The first-order chi connectivity index (χ1) is 14.0. The van der Waals surface area contributed by atoms with Crippen molar-refractivity contribution in [2.75, 3.05) is 10.2 Å². The molecule has 0 atom stereocenters. The number of pyridine rings is 1. The van der Waals surface area contributed by atoms with Crippen LogP contribution in [0.15, 0.2) is 66.9 Å². The Balaban J connectivity index is 1.65. The summed E-state index contributed by atoms with van der Waals surface area (Å²) in [5.74, 6) is -2.68. The van der Waals surface area contributed by atoms with Crippen LogP contribution in [0.4, 0.5) is 11.5 Å². The molecule has 3 amide bonds. The van der Waals surface area contributed by atoms with Crippen LogP contribution < -0.4 is 10.2 Å². The topological polar surface area (TPSA) is 117 Å². The lowest BCUT2D eigenvalue weighted by molar-refractivity contribution is 0.0697. The second-order valence-electron chi connectivity index (χ2n) is 6.20. The van der Waals surface area contributed by atoms with Gasteiger partial charge < -0.3 is 10.4 Å². The van der Waals surface area contributed by atoms with Gasteiger partial charge in [-0.3, -0.25) is 14.4 Å². The monoisotopic (exact) mass is 387 g/mol. The molecule has 2 N–H and O–H groups in total. The van der Waals surface area contributed by atoms with Gasteiger partial charge in [-0.05, 0) is 42.5 Å². The largest absolute Gasteiger partial charge is 0.478 e. The molecule has 2 heterocycles. The predicted octanol–water partition coefficient (Wildman–Crippen LogP) is 2.83. The van der Waals surface area contributed by atoms with Crippen LogP contribution in [0.25, 0.3) is 0 Å². The van der Waals surface area contributed by atoms with Crippen molar-refractivity contribution in [3.63, 3.8) is 0 Å². The number of carbonyl (C=O) groups excluding carboxylic acids is 3. The lowest BCUT2D eigenvalue weighted by atomic mass is 10.0. The fourth-order valence-electron chi connectivity index (χ4n) is 3.05. The zero-order chi connectivity index (χ0) is 20.5. The Kier molecular flexibility index (Phi) is 4.36. The zero-order valence-electron chi connectivity index (χ0n) is 14.8. The molecule has 0 spiro atoms. The highest BCUT2D eigenvalue weighted by Gasteiger charge is 2.37. The van der Waals surface area contributed by atoms with E-state index in [4.69, 9.17) is 0 Å². The number of fused-ring (bicyclic) bond motifs is 1. The zero-order valence-corrected chi connectivity index (χ0v) is 14.8. The number of imide groups is 1. The van der Waals surface area contributed by atoms with Gasteiger partial charge in [-0.2, -0.15) is 0 Å². The van der Waals surface area contributed by atoms with Gasteiger partial charge in [-0.25, -0.2) is 14.7 Å². The number of carboxylic acid groups (broad SMARTS) is 1. The molecular formula is C21H13N3O5. The summed E-state index contributed by atoms with van der Waals surface area (Å²) < 4.78 is 0. The number of para-hydroxylation sites is 1. The summed E-state index contributed by atoms with van der Waals surface area (Å²) in [4.78, 5) is 54.2. The van der Waals surface area contributed by atoms with Crippen molar-refractivity contribution in [1.82, 2.24) is 4.98 Å². The van der Waals surface area contributed by atoms with Crippen molar-refractivity contribution >= 4 is 35.2 Å². The van der Waals surface area contributed by atoms with Crippen LogP contribution in [0.2, 0.25) is 0 Å². The molecule has 0 aliphatic carbocycles. The number of carbonyl (C=O) groups is 4. The van der Waals surface area contributed by atoms with E-state index < -0.39 is 23.7 Å². The molecule has 0 radical (unpaired) electrons. The van der Waals surface area contributed by atoms with Gasteiger partial charge in [0.2, 0.25) is 0 Å². The molecular weight excluding hydrogens is 374 g/mol. The maximum absolute atomic E-state index is 12.7. The van der Waals surface area contributed by atoms with Crippen LogP contribution in [0.3, 0.4) is 0 Å². The molecule has 8 heteroatoms. The summed E-state index contributed by atoms with van der Waals surface area (Å²) in [6.45, 7) is 0. The molecule has 0 fully saturated rings. The first-order valence-electron chi connectivity index (χ1n) is 8.55. The van der Waals surface area contributed by atoms with E-state index in [-0.39, 0.29) is 33.8 Å². The van der Waals surface area contributed by atoms with Gasteiger partial charge in [0, 0.05) is 11.8 Å². The Morgan fingerprint density at radius 2 is 1.62 bits per heavy atom. The number of hydrogen-bond donors (Lipinski definition) is 2. The van der Waals surface area contributed by atoms with Crippen LogP contribution in [0.1, 0.15) is 41.4 Å². The standard InChI is InChI=1S/C21H13N3O5/c25-18(23-16-6-2-1-5-14(16)21(28)29)12-8-9-13-15(11-12)20(27)24(19(13)26)17-7-3-4-10-22-17/h1-11H,(H,23,25)(H,28,29). The fourth-order valence-corrected chi connectivity index (χ4v) is 3.05. The van der Waals surface area contributed by atoms with Crippen molar-refractivity contribution < 1.29 is 24.3 Å². The smallest absolute Gasteiger partial charge is 0.337 e. The summed E-state index contributed by atoms with van der Waals surface area (Å²) in [6, 6.07) is 15.0. The van der Waals surface area contributed by atoms with Crippen LogP contribution in [0.5, 0.6) is 0 Å². The highest BCUT2D eigenvalue weighted by molar-refractivity contribution is 6.34. The highest BCUT2D eigenvalue weighted by Crippen LogP contribution is 2.28. The number of aromatic nitrogens is 1. The average Bonchev–Trinajstić information content (AvgIpc) is 2.98. The highest BCUT2D eigenvalue weighted by atomic mass is 16.4. The summed E-state index contributed by atoms with van der Waals surface area (Å²) in [7, 11) is 0. The molecule has 8 nitrogen and oxygen atoms in total. The molecule has 2 aromatic carbocycles. The van der Waals surface area contributed by atoms with Crippen LogP contribution in [0, 0.1) is 0 Å². The van der Waals surface area contributed by atoms with Crippen LogP contribution in [-0.2, 0) is 0 Å². The first kappa shape index (κ1) is 18.1. The molecule has 142 valence electrons. The number of amides is 3. The number of carboxylic acids is 1. The SMILES string of the molecule is O=C(Nc1ccccc1C(=O)O)c1ccc2c(c1)C(=O)N(c1ccccn1)C2=O. The molecule has 29 heavy (non-hydrogen) atoms. The molecule has 0 unspecified atom stereocenters. The number of nitrogens with one attached hydrogen (secondary N) is 1. The number of rotatable bonds is 4. The van der Waals surface area contributed by atoms with Gasteiger partial charge >= 0.3 is 5.97 Å². The summed E-state index contributed by atoms with van der Waals surface area (Å²) in [6.07, 6.45) is 1.47. The Hall–Kier alpha value is -4.33. The van der Waals surface area contributed by atoms with Gasteiger partial charge in [0.15, 0.2) is 0 Å². The fraction of sp³-hybridized carbons (Fsp3) is 0. The maximum Gasteiger partial charge on any atom is 0.337 e. The third kappa shape index (κ3) is 3.12. The Morgan fingerprint density at radius 3 is 2.34 bits per heavy atom. The second kappa shape index (κ2) is 7.01. The third-order valence-electron chi connectivity index (χ3n) is 4.43. The lowest BCUT2D eigenvalue weighted by Gasteiger charge is -2.11. The molecule has 4 rings (SSSR count). The summed E-state index contributed by atoms with van der Waals surface area (Å²) in [5.41, 5.74) is 0.438. The quantitative estimate of drug-likeness (QED) is 0.665. The third-order valence-corrected chi connectivity index (χ3v) is 4.43. The van der Waals surface area contributed by atoms with E-state index in [1.165, 1.54) is 42.6 Å². The van der Waals surface area contributed by atoms with E-state index in [9.17, 15) is 24.3 Å². The first-order valence-corrected chi connectivity index (χ1v) is 8.55. The summed E-state index contributed by atoms with van der Waals surface area (Å²) >= 11 is 0. The lowest BCUT2D eigenvalue weighted by Crippen LogP contribution is -2.30. The number of benzene rings is 2.